The molecule has 6 heteroatoms. The standard InChI is InChI=1S/C24H37N3O3/c1-14(26-27-22(25)29)19-7-8-20-18-6-5-16-13-17(30-15(2)28)9-11-23(16,3)21(18)10-12-24(19,20)4/h5,17-21H,6-13H2,1-4H3,(H3,25,27,29)/b26-14+/t17-,18+,19+,20-,21+,23-,24+/m0/s1. The summed E-state index contributed by atoms with van der Waals surface area (Å²) >= 11 is 0. The number of allylic oxidation sites excluding steroid dienone is 1. The molecule has 0 aromatic rings. The van der Waals surface area contributed by atoms with Crippen LogP contribution in [0.4, 0.5) is 4.79 Å². The van der Waals surface area contributed by atoms with Crippen molar-refractivity contribution in [3.8, 4) is 0 Å². The van der Waals surface area contributed by atoms with Crippen molar-refractivity contribution < 1.29 is 14.3 Å². The summed E-state index contributed by atoms with van der Waals surface area (Å²) in [7, 11) is 0. The van der Waals surface area contributed by atoms with Crippen LogP contribution in [0.15, 0.2) is 16.8 Å². The van der Waals surface area contributed by atoms with E-state index in [0.29, 0.717) is 23.7 Å². The smallest absolute Gasteiger partial charge is 0.332 e. The highest BCUT2D eigenvalue weighted by atomic mass is 16.5. The van der Waals surface area contributed by atoms with Crippen LogP contribution < -0.4 is 11.2 Å². The number of primary amides is 1. The van der Waals surface area contributed by atoms with Gasteiger partial charge in [0.05, 0.1) is 0 Å². The number of hydrogen-bond acceptors (Lipinski definition) is 4. The zero-order chi connectivity index (χ0) is 21.7. The molecular weight excluding hydrogens is 378 g/mol. The number of amides is 2. The third-order valence-electron chi connectivity index (χ3n) is 9.24. The van der Waals surface area contributed by atoms with E-state index >= 15 is 0 Å². The number of hydrazone groups is 1. The van der Waals surface area contributed by atoms with Gasteiger partial charge in [-0.1, -0.05) is 25.5 Å². The molecule has 0 bridgehead atoms. The minimum Gasteiger partial charge on any atom is -0.462 e. The number of fused-ring (bicyclic) bond motifs is 5. The summed E-state index contributed by atoms with van der Waals surface area (Å²) in [5.41, 5.74) is 10.7. The molecule has 0 saturated heterocycles. The second-order valence-corrected chi connectivity index (χ2v) is 10.6. The summed E-state index contributed by atoms with van der Waals surface area (Å²) in [6.07, 6.45) is 11.5. The van der Waals surface area contributed by atoms with E-state index in [2.05, 4.69) is 30.5 Å². The molecule has 4 aliphatic rings. The summed E-state index contributed by atoms with van der Waals surface area (Å²) in [5, 5.41) is 4.30. The predicted molar refractivity (Wildman–Crippen MR) is 117 cm³/mol. The Kier molecular flexibility index (Phi) is 5.48. The molecule has 2 amide bonds. The molecule has 0 radical (unpaired) electrons. The van der Waals surface area contributed by atoms with Crippen molar-refractivity contribution in [2.45, 2.75) is 85.2 Å². The molecule has 4 aliphatic carbocycles. The molecule has 3 N–H and O–H groups in total. The number of nitrogens with one attached hydrogen (secondary N) is 1. The molecule has 0 heterocycles. The van der Waals surface area contributed by atoms with Crippen LogP contribution in [0.25, 0.3) is 0 Å². The summed E-state index contributed by atoms with van der Waals surface area (Å²) in [6.45, 7) is 8.48. The number of nitrogens with zero attached hydrogens (tertiary/aromatic N) is 1. The van der Waals surface area contributed by atoms with Crippen molar-refractivity contribution in [3.63, 3.8) is 0 Å². The Balaban J connectivity index is 1.54. The lowest BCUT2D eigenvalue weighted by Crippen LogP contribution is -2.51. The second kappa shape index (κ2) is 7.69. The average molecular weight is 416 g/mol. The van der Waals surface area contributed by atoms with E-state index < -0.39 is 6.03 Å². The number of hydrogen-bond donors (Lipinski definition) is 2. The first kappa shape index (κ1) is 21.4. The quantitative estimate of drug-likeness (QED) is 0.307. The third-order valence-corrected chi connectivity index (χ3v) is 9.24. The Bertz CT molecular complexity index is 791. The van der Waals surface area contributed by atoms with Gasteiger partial charge in [-0.2, -0.15) is 5.10 Å². The maximum absolute atomic E-state index is 11.4. The van der Waals surface area contributed by atoms with Crippen molar-refractivity contribution in [3.05, 3.63) is 11.6 Å². The Hall–Kier alpha value is -1.85. The number of ether oxygens (including phenoxy) is 1. The summed E-state index contributed by atoms with van der Waals surface area (Å²) in [6, 6.07) is -0.597. The zero-order valence-corrected chi connectivity index (χ0v) is 18.9. The third kappa shape index (κ3) is 3.46. The summed E-state index contributed by atoms with van der Waals surface area (Å²) in [5.74, 6) is 2.37. The lowest BCUT2D eigenvalue weighted by molar-refractivity contribution is -0.148. The van der Waals surface area contributed by atoms with E-state index in [-0.39, 0.29) is 22.9 Å². The van der Waals surface area contributed by atoms with E-state index in [4.69, 9.17) is 10.5 Å². The molecular formula is C24H37N3O3. The van der Waals surface area contributed by atoms with E-state index in [1.807, 2.05) is 6.92 Å². The van der Waals surface area contributed by atoms with Gasteiger partial charge < -0.3 is 10.5 Å². The van der Waals surface area contributed by atoms with Crippen molar-refractivity contribution in [1.82, 2.24) is 5.43 Å². The predicted octanol–water partition coefficient (Wildman–Crippen LogP) is 4.54. The van der Waals surface area contributed by atoms with Gasteiger partial charge in [0.25, 0.3) is 0 Å². The highest BCUT2D eigenvalue weighted by Gasteiger charge is 2.59. The highest BCUT2D eigenvalue weighted by Crippen LogP contribution is 2.66. The zero-order valence-electron chi connectivity index (χ0n) is 18.9. The normalized spacial score (nSPS) is 43.0. The number of esters is 1. The van der Waals surface area contributed by atoms with Crippen LogP contribution in [-0.2, 0) is 9.53 Å². The SMILES string of the molecule is CC(=O)O[C@H]1CC[C@@]2(C)C(=CC[C@H]3[C@H]2CC[C@]2(C)[C@@H](/C(C)=N/NC(N)=O)CC[C@@H]32)C1. The molecule has 0 spiro atoms. The van der Waals surface area contributed by atoms with Gasteiger partial charge >= 0.3 is 12.0 Å². The lowest BCUT2D eigenvalue weighted by Gasteiger charge is -2.58. The number of urea groups is 1. The minimum atomic E-state index is -0.597. The lowest BCUT2D eigenvalue weighted by atomic mass is 9.47. The molecule has 6 nitrogen and oxygen atoms in total. The molecule has 3 fully saturated rings. The van der Waals surface area contributed by atoms with Gasteiger partial charge in [0.2, 0.25) is 0 Å². The molecule has 166 valence electrons. The molecule has 0 aromatic carbocycles. The number of nitrogens with two attached hydrogens (primary N) is 1. The summed E-state index contributed by atoms with van der Waals surface area (Å²) < 4.78 is 5.56. The van der Waals surface area contributed by atoms with Crippen molar-refractivity contribution in [2.75, 3.05) is 0 Å². The maximum Gasteiger partial charge on any atom is 0.332 e. The van der Waals surface area contributed by atoms with Gasteiger partial charge in [-0.15, -0.1) is 0 Å². The maximum atomic E-state index is 11.4. The first-order valence-electron chi connectivity index (χ1n) is 11.6. The Morgan fingerprint density at radius 2 is 1.90 bits per heavy atom. The van der Waals surface area contributed by atoms with E-state index in [1.54, 1.807) is 0 Å². The van der Waals surface area contributed by atoms with Gasteiger partial charge in [0.15, 0.2) is 0 Å². The number of carbonyl (C=O) groups is 2. The molecule has 7 atom stereocenters. The van der Waals surface area contributed by atoms with E-state index in [9.17, 15) is 9.59 Å². The average Bonchev–Trinajstić information content (AvgIpc) is 3.03. The van der Waals surface area contributed by atoms with Crippen LogP contribution in [0.2, 0.25) is 0 Å². The van der Waals surface area contributed by atoms with Gasteiger partial charge in [0.1, 0.15) is 6.10 Å². The monoisotopic (exact) mass is 415 g/mol. The van der Waals surface area contributed by atoms with E-state index in [1.165, 1.54) is 31.8 Å². The highest BCUT2D eigenvalue weighted by molar-refractivity contribution is 5.86. The van der Waals surface area contributed by atoms with Crippen LogP contribution in [0, 0.1) is 34.5 Å². The molecule has 30 heavy (non-hydrogen) atoms. The molecule has 0 aliphatic heterocycles. The molecule has 4 rings (SSSR count). The van der Waals surface area contributed by atoms with Crippen LogP contribution in [-0.4, -0.2) is 23.8 Å². The van der Waals surface area contributed by atoms with Crippen molar-refractivity contribution in [2.24, 2.45) is 45.3 Å². The van der Waals surface area contributed by atoms with Gasteiger partial charge in [0, 0.05) is 25.0 Å². The van der Waals surface area contributed by atoms with E-state index in [0.717, 1.165) is 37.8 Å². The molecule has 3 saturated carbocycles. The van der Waals surface area contributed by atoms with Crippen LogP contribution in [0.3, 0.4) is 0 Å². The fourth-order valence-electron chi connectivity index (χ4n) is 7.87. The largest absolute Gasteiger partial charge is 0.462 e. The van der Waals surface area contributed by atoms with Crippen LogP contribution in [0.5, 0.6) is 0 Å². The molecule has 0 aromatic heterocycles. The topological polar surface area (TPSA) is 93.8 Å². The number of carbonyl (C=O) groups excluding carboxylic acids is 2. The van der Waals surface area contributed by atoms with Crippen LogP contribution in [0.1, 0.15) is 79.1 Å². The summed E-state index contributed by atoms with van der Waals surface area (Å²) in [4.78, 5) is 22.5. The Labute approximate surface area is 180 Å². The van der Waals surface area contributed by atoms with Crippen molar-refractivity contribution >= 4 is 17.7 Å². The first-order chi connectivity index (χ1) is 14.1. The Morgan fingerprint density at radius 3 is 2.60 bits per heavy atom. The van der Waals surface area contributed by atoms with Gasteiger partial charge in [-0.05, 0) is 80.5 Å². The minimum absolute atomic E-state index is 0.0553. The Morgan fingerprint density at radius 1 is 1.13 bits per heavy atom. The number of rotatable bonds is 3. The second-order valence-electron chi connectivity index (χ2n) is 10.6. The molecule has 0 unspecified atom stereocenters. The van der Waals surface area contributed by atoms with Crippen LogP contribution >= 0.6 is 0 Å². The fraction of sp³-hybridized carbons (Fsp3) is 0.792. The fourth-order valence-corrected chi connectivity index (χ4v) is 7.87. The first-order valence-corrected chi connectivity index (χ1v) is 11.6. The van der Waals surface area contributed by atoms with Gasteiger partial charge in [-0.3, -0.25) is 4.79 Å². The van der Waals surface area contributed by atoms with Gasteiger partial charge in [-0.25, -0.2) is 10.2 Å². The van der Waals surface area contributed by atoms with Crippen molar-refractivity contribution in [1.29, 1.82) is 0 Å².